The zero-order valence-electron chi connectivity index (χ0n) is 11.6. The Labute approximate surface area is 120 Å². The second kappa shape index (κ2) is 12.3. The van der Waals surface area contributed by atoms with Crippen molar-refractivity contribution in [2.24, 2.45) is 17.4 Å². The van der Waals surface area contributed by atoms with Crippen molar-refractivity contribution in [3.8, 4) is 5.75 Å². The first-order chi connectivity index (χ1) is 9.26. The van der Waals surface area contributed by atoms with Gasteiger partial charge in [0.05, 0.1) is 0 Å². The molecule has 0 amide bonds. The van der Waals surface area contributed by atoms with Crippen LogP contribution in [0.4, 0.5) is 0 Å². The predicted octanol–water partition coefficient (Wildman–Crippen LogP) is 3.06. The number of nitrogens with two attached hydrogens (primary N) is 2. The molecular formula is C14H26N2O2S. The minimum Gasteiger partial charge on any atom is -0.508 e. The Balaban J connectivity index is 0.000000303. The van der Waals surface area contributed by atoms with Crippen LogP contribution >= 0.6 is 12.0 Å². The molecule has 2 rings (SSSR count). The minimum atomic E-state index is 0.216. The van der Waals surface area contributed by atoms with E-state index in [4.69, 9.17) is 15.4 Å². The summed E-state index contributed by atoms with van der Waals surface area (Å²) in [5, 5.41) is 8.76. The van der Waals surface area contributed by atoms with E-state index in [1.54, 1.807) is 12.1 Å². The van der Waals surface area contributed by atoms with Crippen molar-refractivity contribution < 1.29 is 9.66 Å². The molecule has 110 valence electrons. The summed E-state index contributed by atoms with van der Waals surface area (Å²) in [4.78, 5) is 0.729. The fraction of sp³-hybridized carbons (Fsp3) is 0.571. The lowest BCUT2D eigenvalue weighted by atomic mass is 9.90. The van der Waals surface area contributed by atoms with Crippen molar-refractivity contribution in [3.63, 3.8) is 0 Å². The molecule has 0 aromatic heterocycles. The summed E-state index contributed by atoms with van der Waals surface area (Å²) >= 11 is 0.666. The standard InChI is InChI=1S/C7H15N.C6H6O2S.CH5N/c8-6-7-4-2-1-3-5-7;7-5-1-3-6(9-8)4-2-5;1-2/h7H,1-6,8H2;1-4,7-8H;2H2,1H3. The van der Waals surface area contributed by atoms with E-state index < -0.39 is 0 Å². The fourth-order valence-electron chi connectivity index (χ4n) is 1.93. The average molecular weight is 286 g/mol. The van der Waals surface area contributed by atoms with Crippen molar-refractivity contribution in [1.29, 1.82) is 0 Å². The van der Waals surface area contributed by atoms with Gasteiger partial charge in [-0.2, -0.15) is 0 Å². The van der Waals surface area contributed by atoms with E-state index in [1.807, 2.05) is 0 Å². The summed E-state index contributed by atoms with van der Waals surface area (Å²) in [6.07, 6.45) is 7.05. The van der Waals surface area contributed by atoms with Gasteiger partial charge in [-0.05, 0) is 56.6 Å². The third-order valence-electron chi connectivity index (χ3n) is 3.00. The summed E-state index contributed by atoms with van der Waals surface area (Å²) < 4.78 is 8.46. The Hall–Kier alpha value is -0.750. The molecule has 1 aromatic carbocycles. The van der Waals surface area contributed by atoms with Crippen molar-refractivity contribution in [2.75, 3.05) is 13.6 Å². The van der Waals surface area contributed by atoms with Gasteiger partial charge in [-0.25, -0.2) is 0 Å². The molecule has 19 heavy (non-hydrogen) atoms. The van der Waals surface area contributed by atoms with E-state index in [1.165, 1.54) is 51.3 Å². The molecule has 0 saturated heterocycles. The summed E-state index contributed by atoms with van der Waals surface area (Å²) in [5.74, 6) is 1.08. The first-order valence-corrected chi connectivity index (χ1v) is 7.42. The van der Waals surface area contributed by atoms with Gasteiger partial charge in [0.2, 0.25) is 0 Å². The van der Waals surface area contributed by atoms with Crippen molar-refractivity contribution >= 4 is 12.0 Å². The minimum absolute atomic E-state index is 0.216. The van der Waals surface area contributed by atoms with Crippen LogP contribution in [0.3, 0.4) is 0 Å². The van der Waals surface area contributed by atoms with Gasteiger partial charge in [-0.3, -0.25) is 0 Å². The van der Waals surface area contributed by atoms with Gasteiger partial charge in [0.1, 0.15) is 5.75 Å². The van der Waals surface area contributed by atoms with Gasteiger partial charge >= 0.3 is 0 Å². The molecule has 0 atom stereocenters. The maximum atomic E-state index is 8.76. The van der Waals surface area contributed by atoms with E-state index in [0.29, 0.717) is 12.0 Å². The Morgan fingerprint density at radius 2 is 1.63 bits per heavy atom. The molecule has 1 aliphatic carbocycles. The molecule has 6 N–H and O–H groups in total. The Morgan fingerprint density at radius 3 is 2.00 bits per heavy atom. The molecule has 0 bridgehead atoms. The molecule has 0 heterocycles. The van der Waals surface area contributed by atoms with Gasteiger partial charge in [0.25, 0.3) is 0 Å². The number of rotatable bonds is 2. The highest BCUT2D eigenvalue weighted by Gasteiger charge is 2.09. The van der Waals surface area contributed by atoms with E-state index in [9.17, 15) is 0 Å². The van der Waals surface area contributed by atoms with E-state index in [-0.39, 0.29) is 5.75 Å². The van der Waals surface area contributed by atoms with E-state index in [2.05, 4.69) is 5.73 Å². The van der Waals surface area contributed by atoms with Crippen LogP contribution < -0.4 is 11.5 Å². The Kier molecular flexibility index (Phi) is 11.8. The molecule has 0 spiro atoms. The monoisotopic (exact) mass is 286 g/mol. The second-order valence-electron chi connectivity index (χ2n) is 4.32. The van der Waals surface area contributed by atoms with Gasteiger partial charge < -0.3 is 21.1 Å². The maximum absolute atomic E-state index is 8.76. The molecule has 1 saturated carbocycles. The largest absolute Gasteiger partial charge is 0.508 e. The zero-order valence-corrected chi connectivity index (χ0v) is 12.4. The number of benzene rings is 1. The molecule has 5 heteroatoms. The lowest BCUT2D eigenvalue weighted by molar-refractivity contribution is 0.366. The van der Waals surface area contributed by atoms with Gasteiger partial charge in [0, 0.05) is 16.9 Å². The second-order valence-corrected chi connectivity index (χ2v) is 4.98. The number of hydrogen-bond acceptors (Lipinski definition) is 5. The molecule has 0 radical (unpaired) electrons. The third kappa shape index (κ3) is 8.88. The molecule has 0 unspecified atom stereocenters. The maximum Gasteiger partial charge on any atom is 0.115 e. The Bertz CT molecular complexity index is 301. The van der Waals surface area contributed by atoms with Gasteiger partial charge in [-0.1, -0.05) is 19.3 Å². The summed E-state index contributed by atoms with van der Waals surface area (Å²) in [6.45, 7) is 0.917. The van der Waals surface area contributed by atoms with Crippen LogP contribution in [0.15, 0.2) is 29.2 Å². The smallest absolute Gasteiger partial charge is 0.115 e. The van der Waals surface area contributed by atoms with Gasteiger partial charge in [0.15, 0.2) is 0 Å². The highest BCUT2D eigenvalue weighted by molar-refractivity contribution is 7.93. The van der Waals surface area contributed by atoms with Crippen LogP contribution in [0.25, 0.3) is 0 Å². The molecule has 1 aliphatic rings. The number of hydrogen-bond donors (Lipinski definition) is 4. The van der Waals surface area contributed by atoms with Crippen LogP contribution in [-0.4, -0.2) is 23.3 Å². The number of phenols is 1. The van der Waals surface area contributed by atoms with Crippen LogP contribution in [0.2, 0.25) is 0 Å². The topological polar surface area (TPSA) is 92.5 Å². The summed E-state index contributed by atoms with van der Waals surface area (Å²) in [7, 11) is 1.50. The van der Waals surface area contributed by atoms with Crippen LogP contribution in [-0.2, 0) is 0 Å². The van der Waals surface area contributed by atoms with Crippen molar-refractivity contribution in [2.45, 2.75) is 37.0 Å². The molecular weight excluding hydrogens is 260 g/mol. The van der Waals surface area contributed by atoms with Crippen LogP contribution in [0.5, 0.6) is 5.75 Å². The van der Waals surface area contributed by atoms with Crippen molar-refractivity contribution in [1.82, 2.24) is 0 Å². The zero-order chi connectivity index (χ0) is 14.5. The summed E-state index contributed by atoms with van der Waals surface area (Å²) in [5.41, 5.74) is 10.0. The molecule has 1 aromatic rings. The highest BCUT2D eigenvalue weighted by Crippen LogP contribution is 2.21. The predicted molar refractivity (Wildman–Crippen MR) is 82.3 cm³/mol. The number of aromatic hydroxyl groups is 1. The SMILES string of the molecule is CN.NCC1CCCCC1.OSc1ccc(O)cc1. The van der Waals surface area contributed by atoms with Crippen LogP contribution in [0, 0.1) is 5.92 Å². The fourth-order valence-corrected chi connectivity index (χ4v) is 2.19. The molecule has 0 aliphatic heterocycles. The Morgan fingerprint density at radius 1 is 1.11 bits per heavy atom. The normalized spacial score (nSPS) is 14.7. The van der Waals surface area contributed by atoms with E-state index in [0.717, 1.165) is 17.4 Å². The average Bonchev–Trinajstić information content (AvgIpc) is 2.51. The van der Waals surface area contributed by atoms with Crippen molar-refractivity contribution in [3.05, 3.63) is 24.3 Å². The molecule has 1 fully saturated rings. The van der Waals surface area contributed by atoms with Gasteiger partial charge in [-0.15, -0.1) is 0 Å². The first kappa shape index (κ1) is 18.2. The van der Waals surface area contributed by atoms with E-state index >= 15 is 0 Å². The molecule has 4 nitrogen and oxygen atoms in total. The number of phenolic OH excluding ortho intramolecular Hbond substituents is 1. The van der Waals surface area contributed by atoms with Crippen LogP contribution in [0.1, 0.15) is 32.1 Å². The summed E-state index contributed by atoms with van der Waals surface area (Å²) in [6, 6.07) is 6.33. The first-order valence-electron chi connectivity index (χ1n) is 6.64. The lowest BCUT2D eigenvalue weighted by Gasteiger charge is -2.18. The highest BCUT2D eigenvalue weighted by atomic mass is 32.2. The third-order valence-corrected chi connectivity index (χ3v) is 3.48. The quantitative estimate of drug-likeness (QED) is 0.627. The lowest BCUT2D eigenvalue weighted by Crippen LogP contribution is -2.16.